The molecular weight excluding hydrogens is 355 g/mol. The molecule has 0 spiro atoms. The van der Waals surface area contributed by atoms with Crippen LogP contribution < -0.4 is 0 Å². The van der Waals surface area contributed by atoms with Crippen LogP contribution in [0.25, 0.3) is 0 Å². The van der Waals surface area contributed by atoms with E-state index in [-0.39, 0.29) is 16.1 Å². The Hall–Kier alpha value is -1.05. The predicted octanol–water partition coefficient (Wildman–Crippen LogP) is 4.51. The van der Waals surface area contributed by atoms with E-state index in [1.807, 2.05) is 0 Å². The van der Waals surface area contributed by atoms with Crippen LogP contribution in [0.2, 0.25) is 0 Å². The first-order valence-corrected chi connectivity index (χ1v) is 7.11. The maximum Gasteiger partial charge on any atom is 0.419 e. The molecule has 0 aliphatic heterocycles. The van der Waals surface area contributed by atoms with Crippen LogP contribution in [-0.4, -0.2) is 10.1 Å². The second kappa shape index (κ2) is 6.15. The van der Waals surface area contributed by atoms with Gasteiger partial charge in [-0.3, -0.25) is 0 Å². The van der Waals surface area contributed by atoms with E-state index in [0.717, 1.165) is 17.8 Å². The molecule has 20 heavy (non-hydrogen) atoms. The van der Waals surface area contributed by atoms with Crippen molar-refractivity contribution >= 4 is 27.7 Å². The molecule has 0 unspecified atom stereocenters. The summed E-state index contributed by atoms with van der Waals surface area (Å²) in [5, 5.41) is 8.83. The van der Waals surface area contributed by atoms with Crippen molar-refractivity contribution in [3.63, 3.8) is 0 Å². The van der Waals surface area contributed by atoms with E-state index in [0.29, 0.717) is 10.5 Å². The largest absolute Gasteiger partial charge is 0.419 e. The molecule has 0 atom stereocenters. The number of aliphatic hydroxyl groups is 1. The molecule has 0 bridgehead atoms. The van der Waals surface area contributed by atoms with Crippen LogP contribution in [0.5, 0.6) is 0 Å². The van der Waals surface area contributed by atoms with Gasteiger partial charge >= 0.3 is 6.18 Å². The Labute approximate surface area is 126 Å². The molecule has 1 aromatic carbocycles. The molecular formula is C13H9BrF3NOS. The van der Waals surface area contributed by atoms with Crippen molar-refractivity contribution < 1.29 is 18.3 Å². The second-order valence-electron chi connectivity index (χ2n) is 3.91. The van der Waals surface area contributed by atoms with Crippen molar-refractivity contribution in [3.05, 3.63) is 52.1 Å². The highest BCUT2D eigenvalue weighted by Gasteiger charge is 2.34. The van der Waals surface area contributed by atoms with Gasteiger partial charge in [0.05, 0.1) is 12.2 Å². The number of hydrogen-bond acceptors (Lipinski definition) is 3. The molecule has 106 valence electrons. The lowest BCUT2D eigenvalue weighted by atomic mass is 10.2. The summed E-state index contributed by atoms with van der Waals surface area (Å²) < 4.78 is 39.1. The summed E-state index contributed by atoms with van der Waals surface area (Å²) in [7, 11) is 0. The fourth-order valence-corrected chi connectivity index (χ4v) is 2.70. The molecule has 0 saturated carbocycles. The van der Waals surface area contributed by atoms with Crippen LogP contribution in [0, 0.1) is 0 Å². The van der Waals surface area contributed by atoms with Gasteiger partial charge in [-0.15, -0.1) is 0 Å². The van der Waals surface area contributed by atoms with Crippen LogP contribution in [0.15, 0.2) is 50.9 Å². The van der Waals surface area contributed by atoms with Crippen molar-refractivity contribution in [2.45, 2.75) is 22.7 Å². The van der Waals surface area contributed by atoms with Crippen LogP contribution in [0.3, 0.4) is 0 Å². The summed E-state index contributed by atoms with van der Waals surface area (Å²) >= 11 is 3.93. The summed E-state index contributed by atoms with van der Waals surface area (Å²) in [6.07, 6.45) is -3.12. The molecule has 1 heterocycles. The van der Waals surface area contributed by atoms with Gasteiger partial charge in [-0.05, 0) is 39.7 Å². The molecule has 0 aliphatic rings. The highest BCUT2D eigenvalue weighted by Crippen LogP contribution is 2.39. The Kier molecular flexibility index (Phi) is 4.72. The zero-order valence-corrected chi connectivity index (χ0v) is 12.4. The van der Waals surface area contributed by atoms with Gasteiger partial charge in [-0.2, -0.15) is 13.2 Å². The van der Waals surface area contributed by atoms with Crippen LogP contribution >= 0.6 is 27.7 Å². The Morgan fingerprint density at radius 2 is 1.85 bits per heavy atom. The van der Waals surface area contributed by atoms with E-state index < -0.39 is 11.7 Å². The van der Waals surface area contributed by atoms with Crippen molar-refractivity contribution in [2.75, 3.05) is 0 Å². The third kappa shape index (κ3) is 3.74. The van der Waals surface area contributed by atoms with E-state index in [1.54, 1.807) is 24.3 Å². The third-order valence-corrected chi connectivity index (χ3v) is 3.90. The molecule has 7 heteroatoms. The number of halogens is 4. The van der Waals surface area contributed by atoms with Gasteiger partial charge in [0.1, 0.15) is 5.03 Å². The predicted molar refractivity (Wildman–Crippen MR) is 73.4 cm³/mol. The van der Waals surface area contributed by atoms with Crippen molar-refractivity contribution in [1.29, 1.82) is 0 Å². The number of aromatic nitrogens is 1. The maximum absolute atomic E-state index is 12.9. The van der Waals surface area contributed by atoms with Gasteiger partial charge in [0.15, 0.2) is 0 Å². The third-order valence-electron chi connectivity index (χ3n) is 2.44. The van der Waals surface area contributed by atoms with E-state index in [4.69, 9.17) is 5.11 Å². The van der Waals surface area contributed by atoms with Crippen molar-refractivity contribution in [2.24, 2.45) is 0 Å². The van der Waals surface area contributed by atoms with Gasteiger partial charge in [-0.25, -0.2) is 4.98 Å². The normalized spacial score (nSPS) is 11.7. The summed E-state index contributed by atoms with van der Waals surface area (Å²) in [4.78, 5) is 4.46. The average Bonchev–Trinajstić information content (AvgIpc) is 2.40. The first-order valence-electron chi connectivity index (χ1n) is 5.50. The smallest absolute Gasteiger partial charge is 0.392 e. The van der Waals surface area contributed by atoms with Crippen LogP contribution in [0.1, 0.15) is 11.1 Å². The molecule has 0 aliphatic carbocycles. The lowest BCUT2D eigenvalue weighted by Gasteiger charge is -2.12. The Balaban J connectivity index is 2.32. The van der Waals surface area contributed by atoms with Gasteiger partial charge in [0, 0.05) is 15.6 Å². The van der Waals surface area contributed by atoms with E-state index >= 15 is 0 Å². The van der Waals surface area contributed by atoms with Gasteiger partial charge < -0.3 is 5.11 Å². The van der Waals surface area contributed by atoms with Gasteiger partial charge in [0.25, 0.3) is 0 Å². The minimum Gasteiger partial charge on any atom is -0.392 e. The van der Waals surface area contributed by atoms with Crippen LogP contribution in [0.4, 0.5) is 13.2 Å². The number of hydrogen-bond donors (Lipinski definition) is 1. The molecule has 0 radical (unpaired) electrons. The fraction of sp³-hybridized carbons (Fsp3) is 0.154. The SMILES string of the molecule is OCc1ccc(Sc2ncc(Br)cc2C(F)(F)F)cc1. The molecule has 0 saturated heterocycles. The lowest BCUT2D eigenvalue weighted by Crippen LogP contribution is -2.08. The molecule has 0 fully saturated rings. The van der Waals surface area contributed by atoms with Gasteiger partial charge in [0.2, 0.25) is 0 Å². The topological polar surface area (TPSA) is 33.1 Å². The number of aliphatic hydroxyl groups excluding tert-OH is 1. The number of benzene rings is 1. The van der Waals surface area contributed by atoms with Crippen molar-refractivity contribution in [1.82, 2.24) is 4.98 Å². The minimum absolute atomic E-state index is 0.0996. The van der Waals surface area contributed by atoms with E-state index in [1.165, 1.54) is 6.20 Å². The Morgan fingerprint density at radius 1 is 1.20 bits per heavy atom. The van der Waals surface area contributed by atoms with Crippen LogP contribution in [-0.2, 0) is 12.8 Å². The van der Waals surface area contributed by atoms with Crippen molar-refractivity contribution in [3.8, 4) is 0 Å². The highest BCUT2D eigenvalue weighted by molar-refractivity contribution is 9.10. The quantitative estimate of drug-likeness (QED) is 0.870. The maximum atomic E-state index is 12.9. The zero-order chi connectivity index (χ0) is 14.8. The number of alkyl halides is 3. The summed E-state index contributed by atoms with van der Waals surface area (Å²) in [6.45, 7) is -0.102. The average molecular weight is 364 g/mol. The summed E-state index contributed by atoms with van der Waals surface area (Å²) in [6, 6.07) is 7.64. The molecule has 1 N–H and O–H groups in total. The second-order valence-corrected chi connectivity index (χ2v) is 5.89. The molecule has 0 amide bonds. The lowest BCUT2D eigenvalue weighted by molar-refractivity contribution is -0.140. The number of pyridine rings is 1. The molecule has 2 aromatic rings. The number of rotatable bonds is 3. The summed E-state index contributed by atoms with van der Waals surface area (Å²) in [5.41, 5.74) is -0.0720. The summed E-state index contributed by atoms with van der Waals surface area (Å²) in [5.74, 6) is 0. The highest BCUT2D eigenvalue weighted by atomic mass is 79.9. The Bertz CT molecular complexity index is 602. The minimum atomic E-state index is -4.45. The standard InChI is InChI=1S/C13H9BrF3NOS/c14-9-5-11(13(15,16)17)12(18-6-9)20-10-3-1-8(7-19)2-4-10/h1-6,19H,7H2. The zero-order valence-electron chi connectivity index (χ0n) is 9.99. The van der Waals surface area contributed by atoms with Gasteiger partial charge in [-0.1, -0.05) is 23.9 Å². The monoisotopic (exact) mass is 363 g/mol. The molecule has 2 nitrogen and oxygen atoms in total. The number of nitrogens with zero attached hydrogens (tertiary/aromatic N) is 1. The first kappa shape index (κ1) is 15.3. The fourth-order valence-electron chi connectivity index (χ4n) is 1.49. The Morgan fingerprint density at radius 3 is 2.40 bits per heavy atom. The molecule has 1 aromatic heterocycles. The first-order chi connectivity index (χ1) is 9.40. The van der Waals surface area contributed by atoms with E-state index in [9.17, 15) is 13.2 Å². The molecule has 2 rings (SSSR count). The van der Waals surface area contributed by atoms with E-state index in [2.05, 4.69) is 20.9 Å².